The van der Waals surface area contributed by atoms with Gasteiger partial charge in [-0.2, -0.15) is 0 Å². The fraction of sp³-hybridized carbons (Fsp3) is 0.0500. The maximum Gasteiger partial charge on any atom is 0.347 e. The molecule has 4 aromatic rings. The zero-order chi connectivity index (χ0) is 15.8. The van der Waals surface area contributed by atoms with Gasteiger partial charge >= 0.3 is 5.63 Å². The average Bonchev–Trinajstić information content (AvgIpc) is 2.58. The van der Waals surface area contributed by atoms with Crippen LogP contribution >= 0.6 is 0 Å². The van der Waals surface area contributed by atoms with Crippen molar-refractivity contribution in [3.05, 3.63) is 88.3 Å². The van der Waals surface area contributed by atoms with Crippen LogP contribution in [0.15, 0.2) is 75.9 Å². The Morgan fingerprint density at radius 1 is 0.826 bits per heavy atom. The minimum Gasteiger partial charge on any atom is -0.507 e. The summed E-state index contributed by atoms with van der Waals surface area (Å²) in [5, 5.41) is 12.4. The summed E-state index contributed by atoms with van der Waals surface area (Å²) in [5.41, 5.74) is 1.81. The standard InChI is InChI=1S/C20H14O3/c21-19-14(12-13-6-2-1-3-7-13)10-11-16-15-8-4-5-9-17(15)23-20(22)18(16)19/h1-11,21H,12H2. The zero-order valence-electron chi connectivity index (χ0n) is 12.3. The van der Waals surface area contributed by atoms with Crippen LogP contribution in [-0.2, 0) is 6.42 Å². The monoisotopic (exact) mass is 302 g/mol. The normalized spacial score (nSPS) is 11.1. The van der Waals surface area contributed by atoms with Gasteiger partial charge in [0.15, 0.2) is 0 Å². The van der Waals surface area contributed by atoms with Crippen LogP contribution in [0.2, 0.25) is 0 Å². The molecule has 1 N–H and O–H groups in total. The van der Waals surface area contributed by atoms with Gasteiger partial charge in [0, 0.05) is 17.2 Å². The molecule has 0 fully saturated rings. The summed E-state index contributed by atoms with van der Waals surface area (Å²) in [4.78, 5) is 12.3. The van der Waals surface area contributed by atoms with Gasteiger partial charge in [0.25, 0.3) is 0 Å². The third-order valence-corrected chi connectivity index (χ3v) is 4.08. The van der Waals surface area contributed by atoms with Crippen LogP contribution in [-0.4, -0.2) is 5.11 Å². The molecule has 3 heteroatoms. The van der Waals surface area contributed by atoms with Crippen molar-refractivity contribution in [3.63, 3.8) is 0 Å². The van der Waals surface area contributed by atoms with Gasteiger partial charge < -0.3 is 9.52 Å². The molecule has 0 amide bonds. The van der Waals surface area contributed by atoms with Crippen molar-refractivity contribution in [2.24, 2.45) is 0 Å². The van der Waals surface area contributed by atoms with E-state index in [0.29, 0.717) is 23.0 Å². The fourth-order valence-corrected chi connectivity index (χ4v) is 2.95. The van der Waals surface area contributed by atoms with Crippen LogP contribution in [0.3, 0.4) is 0 Å². The summed E-state index contributed by atoms with van der Waals surface area (Å²) in [7, 11) is 0. The molecule has 0 unspecified atom stereocenters. The Kier molecular flexibility index (Phi) is 3.12. The van der Waals surface area contributed by atoms with Gasteiger partial charge in [-0.25, -0.2) is 4.79 Å². The van der Waals surface area contributed by atoms with E-state index < -0.39 is 5.63 Å². The van der Waals surface area contributed by atoms with E-state index in [1.165, 1.54) is 0 Å². The summed E-state index contributed by atoms with van der Waals surface area (Å²) < 4.78 is 5.35. The lowest BCUT2D eigenvalue weighted by Crippen LogP contribution is -2.02. The lowest BCUT2D eigenvalue weighted by atomic mass is 9.99. The van der Waals surface area contributed by atoms with Crippen LogP contribution in [0.5, 0.6) is 5.75 Å². The van der Waals surface area contributed by atoms with Crippen molar-refractivity contribution >= 4 is 21.7 Å². The minimum atomic E-state index is -0.508. The smallest absolute Gasteiger partial charge is 0.347 e. The molecule has 1 aromatic heterocycles. The Bertz CT molecular complexity index is 1060. The molecule has 0 bridgehead atoms. The van der Waals surface area contributed by atoms with E-state index in [0.717, 1.165) is 10.9 Å². The molecule has 0 aliphatic heterocycles. The Balaban J connectivity index is 1.96. The number of hydrogen-bond acceptors (Lipinski definition) is 3. The minimum absolute atomic E-state index is 0.00542. The Labute approximate surface area is 132 Å². The van der Waals surface area contributed by atoms with E-state index in [4.69, 9.17) is 4.42 Å². The molecule has 1 heterocycles. The molecule has 0 radical (unpaired) electrons. The maximum atomic E-state index is 12.3. The summed E-state index contributed by atoms with van der Waals surface area (Å²) in [6.45, 7) is 0. The molecule has 0 spiro atoms. The molecule has 0 aliphatic rings. The molecular weight excluding hydrogens is 288 g/mol. The number of phenolic OH excluding ortho intramolecular Hbond substituents is 1. The number of benzene rings is 3. The maximum absolute atomic E-state index is 12.3. The number of rotatable bonds is 2. The van der Waals surface area contributed by atoms with Crippen LogP contribution < -0.4 is 5.63 Å². The van der Waals surface area contributed by atoms with Gasteiger partial charge in [-0.1, -0.05) is 60.7 Å². The van der Waals surface area contributed by atoms with Crippen molar-refractivity contribution < 1.29 is 9.52 Å². The first-order valence-corrected chi connectivity index (χ1v) is 7.44. The first kappa shape index (κ1) is 13.6. The summed E-state index contributed by atoms with van der Waals surface area (Å²) in [5.74, 6) is 0.00542. The van der Waals surface area contributed by atoms with Gasteiger partial charge in [-0.05, 0) is 17.2 Å². The van der Waals surface area contributed by atoms with E-state index in [-0.39, 0.29) is 11.1 Å². The average molecular weight is 302 g/mol. The van der Waals surface area contributed by atoms with Crippen LogP contribution in [0, 0.1) is 0 Å². The fourth-order valence-electron chi connectivity index (χ4n) is 2.95. The number of para-hydroxylation sites is 1. The number of fused-ring (bicyclic) bond motifs is 3. The van der Waals surface area contributed by atoms with E-state index >= 15 is 0 Å². The molecule has 0 saturated carbocycles. The van der Waals surface area contributed by atoms with Gasteiger partial charge in [0.2, 0.25) is 0 Å². The molecule has 3 nitrogen and oxygen atoms in total. The molecule has 112 valence electrons. The molecule has 4 rings (SSSR count). The highest BCUT2D eigenvalue weighted by Crippen LogP contribution is 2.32. The first-order valence-electron chi connectivity index (χ1n) is 7.44. The highest BCUT2D eigenvalue weighted by molar-refractivity contribution is 6.06. The quantitative estimate of drug-likeness (QED) is 0.445. The topological polar surface area (TPSA) is 50.4 Å². The highest BCUT2D eigenvalue weighted by atomic mass is 16.4. The van der Waals surface area contributed by atoms with Crippen molar-refractivity contribution in [1.29, 1.82) is 0 Å². The molecule has 0 aliphatic carbocycles. The van der Waals surface area contributed by atoms with Crippen molar-refractivity contribution in [3.8, 4) is 5.75 Å². The lowest BCUT2D eigenvalue weighted by Gasteiger charge is -2.09. The summed E-state index contributed by atoms with van der Waals surface area (Å²) in [6.07, 6.45) is 0.564. The summed E-state index contributed by atoms with van der Waals surface area (Å²) in [6, 6.07) is 20.9. The van der Waals surface area contributed by atoms with Gasteiger partial charge in [0.05, 0.1) is 0 Å². The van der Waals surface area contributed by atoms with Crippen LogP contribution in [0.1, 0.15) is 11.1 Å². The van der Waals surface area contributed by atoms with Gasteiger partial charge in [-0.3, -0.25) is 0 Å². The van der Waals surface area contributed by atoms with Gasteiger partial charge in [-0.15, -0.1) is 0 Å². The molecule has 0 atom stereocenters. The first-order chi connectivity index (χ1) is 11.2. The highest BCUT2D eigenvalue weighted by Gasteiger charge is 2.14. The number of hydrogen-bond donors (Lipinski definition) is 1. The lowest BCUT2D eigenvalue weighted by molar-refractivity contribution is 0.472. The second kappa shape index (κ2) is 5.29. The third-order valence-electron chi connectivity index (χ3n) is 4.08. The second-order valence-electron chi connectivity index (χ2n) is 5.54. The van der Waals surface area contributed by atoms with E-state index in [9.17, 15) is 9.90 Å². The zero-order valence-corrected chi connectivity index (χ0v) is 12.3. The van der Waals surface area contributed by atoms with E-state index in [1.807, 2.05) is 60.7 Å². The van der Waals surface area contributed by atoms with Crippen LogP contribution in [0.25, 0.3) is 21.7 Å². The Morgan fingerprint density at radius 2 is 1.57 bits per heavy atom. The number of aromatic hydroxyl groups is 1. The largest absolute Gasteiger partial charge is 0.507 e. The molecule has 23 heavy (non-hydrogen) atoms. The predicted octanol–water partition coefficient (Wildman–Crippen LogP) is 4.24. The Hall–Kier alpha value is -3.07. The predicted molar refractivity (Wildman–Crippen MR) is 90.9 cm³/mol. The van der Waals surface area contributed by atoms with E-state index in [1.54, 1.807) is 6.07 Å². The molecule has 0 saturated heterocycles. The van der Waals surface area contributed by atoms with Crippen molar-refractivity contribution in [2.75, 3.05) is 0 Å². The van der Waals surface area contributed by atoms with Crippen LogP contribution in [0.4, 0.5) is 0 Å². The summed E-state index contributed by atoms with van der Waals surface area (Å²) >= 11 is 0. The van der Waals surface area contributed by atoms with Crippen molar-refractivity contribution in [2.45, 2.75) is 6.42 Å². The van der Waals surface area contributed by atoms with Gasteiger partial charge in [0.1, 0.15) is 16.7 Å². The van der Waals surface area contributed by atoms with E-state index in [2.05, 4.69) is 0 Å². The van der Waals surface area contributed by atoms with Crippen molar-refractivity contribution in [1.82, 2.24) is 0 Å². The second-order valence-corrected chi connectivity index (χ2v) is 5.54. The Morgan fingerprint density at radius 3 is 2.39 bits per heavy atom. The molecule has 3 aromatic carbocycles. The number of phenols is 1. The SMILES string of the molecule is O=c1oc2ccccc2c2ccc(Cc3ccccc3)c(O)c12. The molecular formula is C20H14O3. The third kappa shape index (κ3) is 2.27.